The maximum Gasteiger partial charge on any atom is 0.364 e. The molecular weight excluding hydrogens is 236 g/mol. The van der Waals surface area contributed by atoms with Gasteiger partial charge in [0.2, 0.25) is 0 Å². The van der Waals surface area contributed by atoms with E-state index >= 15 is 0 Å². The van der Waals surface area contributed by atoms with Crippen LogP contribution in [0.5, 0.6) is 0 Å². The summed E-state index contributed by atoms with van der Waals surface area (Å²) in [4.78, 5) is 10.4. The SMILES string of the molecule is O=C(O)C(O)(O)CCCCOCc1ccccc1. The van der Waals surface area contributed by atoms with Gasteiger partial charge in [0, 0.05) is 13.0 Å². The molecule has 3 N–H and O–H groups in total. The monoisotopic (exact) mass is 254 g/mol. The summed E-state index contributed by atoms with van der Waals surface area (Å²) < 4.78 is 5.38. The molecule has 1 aromatic carbocycles. The zero-order valence-electron chi connectivity index (χ0n) is 10.1. The van der Waals surface area contributed by atoms with Crippen molar-refractivity contribution in [3.63, 3.8) is 0 Å². The maximum atomic E-state index is 10.4. The van der Waals surface area contributed by atoms with E-state index in [1.807, 2.05) is 30.3 Å². The molecule has 0 aliphatic rings. The van der Waals surface area contributed by atoms with Gasteiger partial charge in [-0.05, 0) is 18.4 Å². The highest BCUT2D eigenvalue weighted by Crippen LogP contribution is 2.11. The number of ether oxygens (including phenoxy) is 1. The first-order valence-electron chi connectivity index (χ1n) is 5.82. The van der Waals surface area contributed by atoms with Crippen LogP contribution in [-0.4, -0.2) is 33.7 Å². The Kier molecular flexibility index (Phi) is 5.77. The summed E-state index contributed by atoms with van der Waals surface area (Å²) in [6.07, 6.45) is 0.772. The van der Waals surface area contributed by atoms with Crippen molar-refractivity contribution in [3.8, 4) is 0 Å². The van der Waals surface area contributed by atoms with Gasteiger partial charge < -0.3 is 20.1 Å². The van der Waals surface area contributed by atoms with Crippen LogP contribution >= 0.6 is 0 Å². The Morgan fingerprint density at radius 1 is 1.17 bits per heavy atom. The van der Waals surface area contributed by atoms with E-state index in [1.54, 1.807) is 0 Å². The fourth-order valence-electron chi connectivity index (χ4n) is 1.45. The summed E-state index contributed by atoms with van der Waals surface area (Å²) >= 11 is 0. The topological polar surface area (TPSA) is 87.0 Å². The molecular formula is C13H18O5. The highest BCUT2D eigenvalue weighted by molar-refractivity contribution is 5.74. The Hall–Kier alpha value is -1.43. The van der Waals surface area contributed by atoms with Crippen molar-refractivity contribution in [1.29, 1.82) is 0 Å². The number of aliphatic hydroxyl groups is 2. The molecule has 5 nitrogen and oxygen atoms in total. The van der Waals surface area contributed by atoms with Gasteiger partial charge in [0.25, 0.3) is 5.79 Å². The fraction of sp³-hybridized carbons (Fsp3) is 0.462. The number of aliphatic carboxylic acids is 1. The lowest BCUT2D eigenvalue weighted by molar-refractivity contribution is -0.205. The molecule has 0 heterocycles. The van der Waals surface area contributed by atoms with Crippen LogP contribution < -0.4 is 0 Å². The normalized spacial score (nSPS) is 11.4. The molecule has 1 aromatic rings. The molecule has 18 heavy (non-hydrogen) atoms. The molecule has 0 fully saturated rings. The highest BCUT2D eigenvalue weighted by atomic mass is 16.5. The van der Waals surface area contributed by atoms with Crippen LogP contribution in [0.3, 0.4) is 0 Å². The summed E-state index contributed by atoms with van der Waals surface area (Å²) in [5.74, 6) is -4.24. The zero-order valence-corrected chi connectivity index (χ0v) is 10.1. The minimum Gasteiger partial charge on any atom is -0.477 e. The quantitative estimate of drug-likeness (QED) is 0.478. The molecule has 0 unspecified atom stereocenters. The van der Waals surface area contributed by atoms with Gasteiger partial charge in [-0.2, -0.15) is 0 Å². The van der Waals surface area contributed by atoms with Crippen LogP contribution in [0, 0.1) is 0 Å². The van der Waals surface area contributed by atoms with E-state index in [-0.39, 0.29) is 6.42 Å². The number of benzene rings is 1. The van der Waals surface area contributed by atoms with Crippen molar-refractivity contribution < 1.29 is 24.9 Å². The van der Waals surface area contributed by atoms with Gasteiger partial charge in [0.15, 0.2) is 0 Å². The van der Waals surface area contributed by atoms with Gasteiger partial charge in [-0.3, -0.25) is 0 Å². The maximum absolute atomic E-state index is 10.4. The van der Waals surface area contributed by atoms with Crippen molar-refractivity contribution in [2.75, 3.05) is 6.61 Å². The fourth-order valence-corrected chi connectivity index (χ4v) is 1.45. The second kappa shape index (κ2) is 7.10. The van der Waals surface area contributed by atoms with Crippen LogP contribution in [0.1, 0.15) is 24.8 Å². The van der Waals surface area contributed by atoms with Crippen LogP contribution in [0.25, 0.3) is 0 Å². The third-order valence-electron chi connectivity index (χ3n) is 2.52. The van der Waals surface area contributed by atoms with Gasteiger partial charge in [-0.1, -0.05) is 30.3 Å². The predicted molar refractivity (Wildman–Crippen MR) is 64.8 cm³/mol. The first-order valence-corrected chi connectivity index (χ1v) is 5.82. The molecule has 0 aliphatic heterocycles. The van der Waals surface area contributed by atoms with Gasteiger partial charge in [0.1, 0.15) is 0 Å². The largest absolute Gasteiger partial charge is 0.477 e. The Morgan fingerprint density at radius 3 is 2.44 bits per heavy atom. The number of unbranched alkanes of at least 4 members (excludes halogenated alkanes) is 1. The average molecular weight is 254 g/mol. The van der Waals surface area contributed by atoms with Gasteiger partial charge >= 0.3 is 5.97 Å². The lowest BCUT2D eigenvalue weighted by atomic mass is 10.1. The summed E-state index contributed by atoms with van der Waals surface area (Å²) in [7, 11) is 0. The Bertz CT molecular complexity index is 361. The van der Waals surface area contributed by atoms with Crippen molar-refractivity contribution >= 4 is 5.97 Å². The third kappa shape index (κ3) is 5.27. The molecule has 5 heteroatoms. The molecule has 100 valence electrons. The number of carboxylic acid groups (broad SMARTS) is 1. The molecule has 0 saturated carbocycles. The van der Waals surface area contributed by atoms with Crippen LogP contribution in [0.4, 0.5) is 0 Å². The van der Waals surface area contributed by atoms with E-state index in [0.29, 0.717) is 26.1 Å². The van der Waals surface area contributed by atoms with E-state index in [1.165, 1.54) is 0 Å². The lowest BCUT2D eigenvalue weighted by Crippen LogP contribution is -2.37. The van der Waals surface area contributed by atoms with E-state index in [9.17, 15) is 4.79 Å². The first kappa shape index (κ1) is 14.6. The number of hydrogen-bond donors (Lipinski definition) is 3. The molecule has 0 saturated heterocycles. The zero-order chi connectivity index (χ0) is 13.4. The van der Waals surface area contributed by atoms with Gasteiger partial charge in [0.05, 0.1) is 6.61 Å². The van der Waals surface area contributed by atoms with E-state index in [4.69, 9.17) is 20.1 Å². The van der Waals surface area contributed by atoms with Crippen LogP contribution in [-0.2, 0) is 16.1 Å². The summed E-state index contributed by atoms with van der Waals surface area (Å²) in [5, 5.41) is 26.5. The highest BCUT2D eigenvalue weighted by Gasteiger charge is 2.31. The number of carboxylic acids is 1. The predicted octanol–water partition coefficient (Wildman–Crippen LogP) is 1.14. The number of carbonyl (C=O) groups is 1. The van der Waals surface area contributed by atoms with E-state index < -0.39 is 11.8 Å². The second-order valence-corrected chi connectivity index (χ2v) is 4.12. The van der Waals surface area contributed by atoms with Crippen molar-refractivity contribution in [1.82, 2.24) is 0 Å². The molecule has 0 aromatic heterocycles. The summed E-state index contributed by atoms with van der Waals surface area (Å²) in [5.41, 5.74) is 1.07. The first-order chi connectivity index (χ1) is 8.52. The number of hydrogen-bond acceptors (Lipinski definition) is 4. The average Bonchev–Trinajstić information content (AvgIpc) is 2.34. The number of rotatable bonds is 8. The van der Waals surface area contributed by atoms with E-state index in [0.717, 1.165) is 5.56 Å². The van der Waals surface area contributed by atoms with Gasteiger partial charge in [-0.15, -0.1) is 0 Å². The molecule has 0 spiro atoms. The minimum atomic E-state index is -2.63. The van der Waals surface area contributed by atoms with Crippen molar-refractivity contribution in [3.05, 3.63) is 35.9 Å². The lowest BCUT2D eigenvalue weighted by Gasteiger charge is -2.15. The van der Waals surface area contributed by atoms with Crippen LogP contribution in [0.15, 0.2) is 30.3 Å². The summed E-state index contributed by atoms with van der Waals surface area (Å²) in [6, 6.07) is 9.69. The van der Waals surface area contributed by atoms with E-state index in [2.05, 4.69) is 0 Å². The molecule has 0 amide bonds. The Labute approximate surface area is 106 Å². The second-order valence-electron chi connectivity index (χ2n) is 4.12. The Morgan fingerprint density at radius 2 is 1.83 bits per heavy atom. The molecule has 0 atom stereocenters. The molecule has 0 radical (unpaired) electrons. The standard InChI is InChI=1S/C13H18O5/c14-12(15)13(16,17)8-4-5-9-18-10-11-6-2-1-3-7-11/h1-3,6-7,16-17H,4-5,8-10H2,(H,14,15). The Balaban J connectivity index is 2.08. The molecule has 1 rings (SSSR count). The minimum absolute atomic E-state index is 0.197. The molecule has 0 bridgehead atoms. The van der Waals surface area contributed by atoms with Gasteiger partial charge in [-0.25, -0.2) is 4.79 Å². The van der Waals surface area contributed by atoms with Crippen LogP contribution in [0.2, 0.25) is 0 Å². The van der Waals surface area contributed by atoms with Crippen molar-refractivity contribution in [2.24, 2.45) is 0 Å². The smallest absolute Gasteiger partial charge is 0.364 e. The third-order valence-corrected chi connectivity index (χ3v) is 2.52. The van der Waals surface area contributed by atoms with Crippen molar-refractivity contribution in [2.45, 2.75) is 31.7 Å². The summed E-state index contributed by atoms with van der Waals surface area (Å²) in [6.45, 7) is 0.966. The molecule has 0 aliphatic carbocycles.